The SMILES string of the molecule is CC[C@@H](C)NC(=O)c1ccc(C)c(I)c1. The van der Waals surface area contributed by atoms with Gasteiger partial charge in [-0.3, -0.25) is 4.79 Å². The molecule has 0 spiro atoms. The monoisotopic (exact) mass is 317 g/mol. The first-order chi connectivity index (χ1) is 7.04. The molecule has 1 N–H and O–H groups in total. The zero-order valence-electron chi connectivity index (χ0n) is 9.30. The molecule has 0 bridgehead atoms. The largest absolute Gasteiger partial charge is 0.350 e. The van der Waals surface area contributed by atoms with Gasteiger partial charge in [-0.2, -0.15) is 0 Å². The Kier molecular flexibility index (Phi) is 4.57. The number of aryl methyl sites for hydroxylation is 1. The number of amides is 1. The number of rotatable bonds is 3. The molecule has 0 aromatic heterocycles. The normalized spacial score (nSPS) is 12.3. The van der Waals surface area contributed by atoms with E-state index in [4.69, 9.17) is 0 Å². The second-order valence-corrected chi connectivity index (χ2v) is 4.91. The van der Waals surface area contributed by atoms with Crippen molar-refractivity contribution < 1.29 is 4.79 Å². The van der Waals surface area contributed by atoms with E-state index >= 15 is 0 Å². The summed E-state index contributed by atoms with van der Waals surface area (Å²) in [7, 11) is 0. The summed E-state index contributed by atoms with van der Waals surface area (Å²) < 4.78 is 1.13. The quantitative estimate of drug-likeness (QED) is 0.853. The molecule has 15 heavy (non-hydrogen) atoms. The van der Waals surface area contributed by atoms with Crippen LogP contribution in [-0.4, -0.2) is 11.9 Å². The third-order valence-corrected chi connectivity index (χ3v) is 3.59. The van der Waals surface area contributed by atoms with Gasteiger partial charge < -0.3 is 5.32 Å². The molecule has 3 heteroatoms. The summed E-state index contributed by atoms with van der Waals surface area (Å²) in [5, 5.41) is 2.95. The van der Waals surface area contributed by atoms with Gasteiger partial charge in [-0.15, -0.1) is 0 Å². The van der Waals surface area contributed by atoms with Gasteiger partial charge >= 0.3 is 0 Å². The Labute approximate surface area is 105 Å². The highest BCUT2D eigenvalue weighted by molar-refractivity contribution is 14.1. The molecule has 1 aromatic rings. The first-order valence-electron chi connectivity index (χ1n) is 5.11. The maximum Gasteiger partial charge on any atom is 0.251 e. The molecule has 1 rings (SSSR count). The van der Waals surface area contributed by atoms with Crippen molar-refractivity contribution in [2.24, 2.45) is 0 Å². The van der Waals surface area contributed by atoms with E-state index in [0.29, 0.717) is 0 Å². The molecule has 0 fully saturated rings. The Hall–Kier alpha value is -0.580. The number of nitrogens with one attached hydrogen (secondary N) is 1. The number of hydrogen-bond acceptors (Lipinski definition) is 1. The standard InChI is InChI=1S/C12H16INO/c1-4-9(3)14-12(15)10-6-5-8(2)11(13)7-10/h5-7,9H,4H2,1-3H3,(H,14,15)/t9-/m1/s1. The summed E-state index contributed by atoms with van der Waals surface area (Å²) in [6, 6.07) is 6.01. The van der Waals surface area contributed by atoms with Gasteiger partial charge in [0.05, 0.1) is 0 Å². The van der Waals surface area contributed by atoms with Gasteiger partial charge in [0.25, 0.3) is 5.91 Å². The minimum Gasteiger partial charge on any atom is -0.350 e. The van der Waals surface area contributed by atoms with Crippen LogP contribution < -0.4 is 5.32 Å². The predicted molar refractivity (Wildman–Crippen MR) is 71.1 cm³/mol. The van der Waals surface area contributed by atoms with Crippen molar-refractivity contribution in [3.05, 3.63) is 32.9 Å². The lowest BCUT2D eigenvalue weighted by atomic mass is 10.1. The third kappa shape index (κ3) is 3.48. The summed E-state index contributed by atoms with van der Waals surface area (Å²) in [6.45, 7) is 6.11. The molecular weight excluding hydrogens is 301 g/mol. The highest BCUT2D eigenvalue weighted by Gasteiger charge is 2.09. The van der Waals surface area contributed by atoms with Crippen LogP contribution in [0, 0.1) is 10.5 Å². The third-order valence-electron chi connectivity index (χ3n) is 2.42. The van der Waals surface area contributed by atoms with Crippen molar-refractivity contribution in [3.8, 4) is 0 Å². The Morgan fingerprint density at radius 1 is 1.53 bits per heavy atom. The summed E-state index contributed by atoms with van der Waals surface area (Å²) in [5.41, 5.74) is 1.95. The topological polar surface area (TPSA) is 29.1 Å². The number of carbonyl (C=O) groups is 1. The van der Waals surface area contributed by atoms with E-state index in [-0.39, 0.29) is 11.9 Å². The van der Waals surface area contributed by atoms with Crippen LogP contribution in [0.15, 0.2) is 18.2 Å². The zero-order valence-corrected chi connectivity index (χ0v) is 11.5. The molecule has 0 aliphatic heterocycles. The molecule has 0 saturated carbocycles. The van der Waals surface area contributed by atoms with Crippen molar-refractivity contribution in [3.63, 3.8) is 0 Å². The van der Waals surface area contributed by atoms with Crippen molar-refractivity contribution >= 4 is 28.5 Å². The van der Waals surface area contributed by atoms with Crippen LogP contribution in [0.1, 0.15) is 36.2 Å². The summed E-state index contributed by atoms with van der Waals surface area (Å²) in [6.07, 6.45) is 0.953. The van der Waals surface area contributed by atoms with Crippen molar-refractivity contribution in [1.82, 2.24) is 5.32 Å². The molecule has 1 atom stereocenters. The molecule has 0 saturated heterocycles. The van der Waals surface area contributed by atoms with E-state index < -0.39 is 0 Å². The van der Waals surface area contributed by atoms with E-state index in [0.717, 1.165) is 15.6 Å². The molecule has 0 aliphatic rings. The minimum absolute atomic E-state index is 0.0160. The molecule has 0 heterocycles. The first kappa shape index (κ1) is 12.5. The number of carbonyl (C=O) groups excluding carboxylic acids is 1. The number of hydrogen-bond donors (Lipinski definition) is 1. The number of benzene rings is 1. The lowest BCUT2D eigenvalue weighted by molar-refractivity contribution is 0.0939. The van der Waals surface area contributed by atoms with Crippen LogP contribution in [0.4, 0.5) is 0 Å². The van der Waals surface area contributed by atoms with E-state index in [1.807, 2.05) is 32.0 Å². The van der Waals surface area contributed by atoms with Crippen LogP contribution >= 0.6 is 22.6 Å². The molecule has 82 valence electrons. The maximum absolute atomic E-state index is 11.8. The fourth-order valence-corrected chi connectivity index (χ4v) is 1.66. The molecule has 2 nitrogen and oxygen atoms in total. The fourth-order valence-electron chi connectivity index (χ4n) is 1.14. The zero-order chi connectivity index (χ0) is 11.4. The summed E-state index contributed by atoms with van der Waals surface area (Å²) in [4.78, 5) is 11.8. The first-order valence-corrected chi connectivity index (χ1v) is 6.19. The van der Waals surface area contributed by atoms with Crippen LogP contribution in [0.5, 0.6) is 0 Å². The second kappa shape index (κ2) is 5.49. The molecule has 0 radical (unpaired) electrons. The van der Waals surface area contributed by atoms with Crippen molar-refractivity contribution in [2.45, 2.75) is 33.2 Å². The lowest BCUT2D eigenvalue weighted by Crippen LogP contribution is -2.31. The fraction of sp³-hybridized carbons (Fsp3) is 0.417. The predicted octanol–water partition coefficient (Wildman–Crippen LogP) is 3.13. The Morgan fingerprint density at radius 2 is 2.20 bits per heavy atom. The van der Waals surface area contributed by atoms with Gasteiger partial charge in [-0.05, 0) is 60.6 Å². The summed E-state index contributed by atoms with van der Waals surface area (Å²) >= 11 is 2.25. The maximum atomic E-state index is 11.8. The average molecular weight is 317 g/mol. The van der Waals surface area contributed by atoms with Crippen LogP contribution in [0.2, 0.25) is 0 Å². The molecule has 0 aliphatic carbocycles. The van der Waals surface area contributed by atoms with Crippen LogP contribution in [0.25, 0.3) is 0 Å². The Bertz CT molecular complexity index is 363. The Balaban J connectivity index is 2.78. The second-order valence-electron chi connectivity index (χ2n) is 3.75. The highest BCUT2D eigenvalue weighted by Crippen LogP contribution is 2.13. The highest BCUT2D eigenvalue weighted by atomic mass is 127. The van der Waals surface area contributed by atoms with Gasteiger partial charge in [0.2, 0.25) is 0 Å². The van der Waals surface area contributed by atoms with Gasteiger partial charge in [0, 0.05) is 15.2 Å². The van der Waals surface area contributed by atoms with E-state index in [2.05, 4.69) is 34.8 Å². The molecule has 1 amide bonds. The summed E-state index contributed by atoms with van der Waals surface area (Å²) in [5.74, 6) is 0.0160. The van der Waals surface area contributed by atoms with E-state index in [1.165, 1.54) is 5.56 Å². The van der Waals surface area contributed by atoms with Crippen molar-refractivity contribution in [1.29, 1.82) is 0 Å². The van der Waals surface area contributed by atoms with Crippen molar-refractivity contribution in [2.75, 3.05) is 0 Å². The minimum atomic E-state index is 0.0160. The van der Waals surface area contributed by atoms with Crippen LogP contribution in [-0.2, 0) is 0 Å². The molecule has 0 unspecified atom stereocenters. The average Bonchev–Trinajstić information content (AvgIpc) is 2.21. The molecular formula is C12H16INO. The van der Waals surface area contributed by atoms with Gasteiger partial charge in [0.1, 0.15) is 0 Å². The van der Waals surface area contributed by atoms with E-state index in [9.17, 15) is 4.79 Å². The lowest BCUT2D eigenvalue weighted by Gasteiger charge is -2.11. The smallest absolute Gasteiger partial charge is 0.251 e. The van der Waals surface area contributed by atoms with Gasteiger partial charge in [-0.1, -0.05) is 13.0 Å². The van der Waals surface area contributed by atoms with Crippen LogP contribution in [0.3, 0.4) is 0 Å². The van der Waals surface area contributed by atoms with Gasteiger partial charge in [-0.25, -0.2) is 0 Å². The molecule has 1 aromatic carbocycles. The van der Waals surface area contributed by atoms with Gasteiger partial charge in [0.15, 0.2) is 0 Å². The number of halogens is 1. The van der Waals surface area contributed by atoms with E-state index in [1.54, 1.807) is 0 Å². The Morgan fingerprint density at radius 3 is 2.73 bits per heavy atom.